The van der Waals surface area contributed by atoms with E-state index in [1.54, 1.807) is 43.5 Å². The number of methoxy groups -OCH3 is 1. The summed E-state index contributed by atoms with van der Waals surface area (Å²) in [6.45, 7) is 0.632. The van der Waals surface area contributed by atoms with Crippen LogP contribution in [-0.2, 0) is 13.0 Å². The van der Waals surface area contributed by atoms with Gasteiger partial charge in [0.1, 0.15) is 18.1 Å². The summed E-state index contributed by atoms with van der Waals surface area (Å²) >= 11 is 0. The van der Waals surface area contributed by atoms with Gasteiger partial charge < -0.3 is 24.3 Å². The molecule has 0 aliphatic rings. The lowest BCUT2D eigenvalue weighted by Crippen LogP contribution is -2.25. The molecular formula is C21H21NO5. The number of benzene rings is 2. The summed E-state index contributed by atoms with van der Waals surface area (Å²) in [4.78, 5) is 12.2. The monoisotopic (exact) mass is 367 g/mol. The molecule has 27 heavy (non-hydrogen) atoms. The second kappa shape index (κ2) is 8.80. The highest BCUT2D eigenvalue weighted by atomic mass is 16.5. The number of phenolic OH excluding ortho intramolecular Hbond substituents is 1. The number of carbonyl (C=O) groups excluding carboxylic acids is 1. The normalized spacial score (nSPS) is 10.4. The molecule has 0 atom stereocenters. The molecule has 1 aromatic heterocycles. The zero-order valence-electron chi connectivity index (χ0n) is 15.0. The summed E-state index contributed by atoms with van der Waals surface area (Å²) in [5, 5.41) is 12.2. The molecule has 2 N–H and O–H groups in total. The van der Waals surface area contributed by atoms with Gasteiger partial charge in [0.15, 0.2) is 17.3 Å². The van der Waals surface area contributed by atoms with E-state index in [1.807, 2.05) is 24.3 Å². The van der Waals surface area contributed by atoms with E-state index in [0.29, 0.717) is 30.2 Å². The van der Waals surface area contributed by atoms with Gasteiger partial charge in [-0.15, -0.1) is 0 Å². The molecule has 3 rings (SSSR count). The minimum atomic E-state index is -0.293. The van der Waals surface area contributed by atoms with Gasteiger partial charge in [0.2, 0.25) is 0 Å². The Morgan fingerprint density at radius 2 is 1.89 bits per heavy atom. The number of ether oxygens (including phenoxy) is 2. The molecule has 3 aromatic rings. The first-order valence-corrected chi connectivity index (χ1v) is 8.56. The fourth-order valence-electron chi connectivity index (χ4n) is 2.58. The van der Waals surface area contributed by atoms with Gasteiger partial charge in [-0.05, 0) is 48.4 Å². The molecular weight excluding hydrogens is 346 g/mol. The molecule has 1 heterocycles. The van der Waals surface area contributed by atoms with Crippen LogP contribution in [0.25, 0.3) is 0 Å². The number of amides is 1. The standard InChI is InChI=1S/C21H21NO5/c1-25-18-7-2-3-8-19(18)26-14-17-9-10-20(27-17)21(24)22-12-11-15-5-4-6-16(23)13-15/h2-10,13,23H,11-12,14H2,1H3,(H,22,24). The maximum atomic E-state index is 12.2. The van der Waals surface area contributed by atoms with Gasteiger partial charge >= 0.3 is 0 Å². The summed E-state index contributed by atoms with van der Waals surface area (Å²) in [7, 11) is 1.58. The van der Waals surface area contributed by atoms with E-state index >= 15 is 0 Å². The number of rotatable bonds is 8. The zero-order valence-corrected chi connectivity index (χ0v) is 15.0. The summed E-state index contributed by atoms with van der Waals surface area (Å²) in [6, 6.07) is 17.6. The third-order valence-electron chi connectivity index (χ3n) is 3.93. The van der Waals surface area contributed by atoms with E-state index in [1.165, 1.54) is 0 Å². The highest BCUT2D eigenvalue weighted by molar-refractivity contribution is 5.91. The third-order valence-corrected chi connectivity index (χ3v) is 3.93. The Bertz CT molecular complexity index is 903. The van der Waals surface area contributed by atoms with E-state index in [0.717, 1.165) is 5.56 Å². The van der Waals surface area contributed by atoms with Crippen LogP contribution in [0.1, 0.15) is 21.9 Å². The van der Waals surface area contributed by atoms with Gasteiger partial charge in [0.25, 0.3) is 5.91 Å². The minimum absolute atomic E-state index is 0.191. The van der Waals surface area contributed by atoms with Crippen LogP contribution in [0.15, 0.2) is 65.1 Å². The number of nitrogens with one attached hydrogen (secondary N) is 1. The van der Waals surface area contributed by atoms with Crippen molar-refractivity contribution in [2.24, 2.45) is 0 Å². The van der Waals surface area contributed by atoms with E-state index in [2.05, 4.69) is 5.32 Å². The number of furan rings is 1. The Morgan fingerprint density at radius 3 is 2.67 bits per heavy atom. The number of hydrogen-bond donors (Lipinski definition) is 2. The van der Waals surface area contributed by atoms with Crippen molar-refractivity contribution in [2.75, 3.05) is 13.7 Å². The Hall–Kier alpha value is -3.41. The molecule has 0 spiro atoms. The number of phenols is 1. The SMILES string of the molecule is COc1ccccc1OCc1ccc(C(=O)NCCc2cccc(O)c2)o1. The molecule has 0 bridgehead atoms. The first kappa shape index (κ1) is 18.4. The largest absolute Gasteiger partial charge is 0.508 e. The van der Waals surface area contributed by atoms with Gasteiger partial charge in [-0.2, -0.15) is 0 Å². The minimum Gasteiger partial charge on any atom is -0.508 e. The number of aromatic hydroxyl groups is 1. The summed E-state index contributed by atoms with van der Waals surface area (Å²) in [6.07, 6.45) is 0.616. The first-order chi connectivity index (χ1) is 13.2. The molecule has 1 amide bonds. The van der Waals surface area contributed by atoms with E-state index < -0.39 is 0 Å². The lowest BCUT2D eigenvalue weighted by atomic mass is 10.1. The average molecular weight is 367 g/mol. The molecule has 6 heteroatoms. The molecule has 0 radical (unpaired) electrons. The van der Waals surface area contributed by atoms with Crippen molar-refractivity contribution in [3.05, 3.63) is 77.7 Å². The molecule has 140 valence electrons. The predicted octanol–water partition coefficient (Wildman–Crippen LogP) is 3.55. The molecule has 0 saturated carbocycles. The first-order valence-electron chi connectivity index (χ1n) is 8.56. The van der Waals surface area contributed by atoms with Crippen LogP contribution in [0.4, 0.5) is 0 Å². The maximum Gasteiger partial charge on any atom is 0.287 e. The Balaban J connectivity index is 1.50. The van der Waals surface area contributed by atoms with Gasteiger partial charge in [0, 0.05) is 6.54 Å². The topological polar surface area (TPSA) is 80.9 Å². The number of para-hydroxylation sites is 2. The Labute approximate surface area is 157 Å². The molecule has 0 aliphatic carbocycles. The van der Waals surface area contributed by atoms with Crippen molar-refractivity contribution in [2.45, 2.75) is 13.0 Å². The Morgan fingerprint density at radius 1 is 1.07 bits per heavy atom. The van der Waals surface area contributed by atoms with Crippen molar-refractivity contribution in [3.8, 4) is 17.2 Å². The van der Waals surface area contributed by atoms with E-state index in [-0.39, 0.29) is 24.0 Å². The molecule has 2 aromatic carbocycles. The second-order valence-corrected chi connectivity index (χ2v) is 5.88. The lowest BCUT2D eigenvalue weighted by molar-refractivity contribution is 0.0922. The van der Waals surface area contributed by atoms with Crippen LogP contribution in [0.2, 0.25) is 0 Å². The van der Waals surface area contributed by atoms with Crippen molar-refractivity contribution < 1.29 is 23.8 Å². The quantitative estimate of drug-likeness (QED) is 0.636. The van der Waals surface area contributed by atoms with Crippen LogP contribution in [0.3, 0.4) is 0 Å². The maximum absolute atomic E-state index is 12.2. The van der Waals surface area contributed by atoms with Crippen LogP contribution in [0.5, 0.6) is 17.2 Å². The van der Waals surface area contributed by atoms with E-state index in [9.17, 15) is 9.90 Å². The molecule has 6 nitrogen and oxygen atoms in total. The summed E-state index contributed by atoms with van der Waals surface area (Å²) < 4.78 is 16.5. The number of carbonyl (C=O) groups is 1. The lowest BCUT2D eigenvalue weighted by Gasteiger charge is -2.08. The van der Waals surface area contributed by atoms with Crippen molar-refractivity contribution in [1.29, 1.82) is 0 Å². The van der Waals surface area contributed by atoms with Gasteiger partial charge in [0.05, 0.1) is 7.11 Å². The highest BCUT2D eigenvalue weighted by Crippen LogP contribution is 2.26. The Kier molecular flexibility index (Phi) is 5.99. The van der Waals surface area contributed by atoms with Gasteiger partial charge in [-0.1, -0.05) is 24.3 Å². The van der Waals surface area contributed by atoms with Crippen molar-refractivity contribution in [3.63, 3.8) is 0 Å². The molecule has 0 aliphatic heterocycles. The zero-order chi connectivity index (χ0) is 19.1. The van der Waals surface area contributed by atoms with Gasteiger partial charge in [-0.25, -0.2) is 0 Å². The smallest absolute Gasteiger partial charge is 0.287 e. The predicted molar refractivity (Wildman–Crippen MR) is 100 cm³/mol. The molecule has 0 saturated heterocycles. The van der Waals surface area contributed by atoms with Crippen molar-refractivity contribution in [1.82, 2.24) is 5.32 Å². The van der Waals surface area contributed by atoms with Crippen LogP contribution >= 0.6 is 0 Å². The van der Waals surface area contributed by atoms with Gasteiger partial charge in [-0.3, -0.25) is 4.79 Å². The highest BCUT2D eigenvalue weighted by Gasteiger charge is 2.12. The molecule has 0 fully saturated rings. The third kappa shape index (κ3) is 5.04. The van der Waals surface area contributed by atoms with Crippen LogP contribution < -0.4 is 14.8 Å². The summed E-state index contributed by atoms with van der Waals surface area (Å²) in [5.74, 6) is 1.93. The molecule has 0 unspecified atom stereocenters. The van der Waals surface area contributed by atoms with E-state index in [4.69, 9.17) is 13.9 Å². The van der Waals surface area contributed by atoms with Crippen LogP contribution in [0, 0.1) is 0 Å². The number of hydrogen-bond acceptors (Lipinski definition) is 5. The fourth-order valence-corrected chi connectivity index (χ4v) is 2.58. The summed E-state index contributed by atoms with van der Waals surface area (Å²) in [5.41, 5.74) is 0.945. The second-order valence-electron chi connectivity index (χ2n) is 5.88. The van der Waals surface area contributed by atoms with Crippen molar-refractivity contribution >= 4 is 5.91 Å². The fraction of sp³-hybridized carbons (Fsp3) is 0.190. The average Bonchev–Trinajstić information content (AvgIpc) is 3.16. The van der Waals surface area contributed by atoms with Crippen LogP contribution in [-0.4, -0.2) is 24.7 Å².